The Bertz CT molecular complexity index is 220. The number of halogens is 2. The molecule has 0 unspecified atom stereocenters. The van der Waals surface area contributed by atoms with Crippen LogP contribution in [0.15, 0.2) is 0 Å². The maximum absolute atomic E-state index is 10.7. The zero-order chi connectivity index (χ0) is 11.2. The van der Waals surface area contributed by atoms with Gasteiger partial charge in [-0.1, -0.05) is 0 Å². The monoisotopic (exact) mass is 331 g/mol. The van der Waals surface area contributed by atoms with Gasteiger partial charge in [-0.3, -0.25) is 14.9 Å². The fourth-order valence-electron chi connectivity index (χ4n) is 0.800. The summed E-state index contributed by atoms with van der Waals surface area (Å²) < 4.78 is 3.17. The summed E-state index contributed by atoms with van der Waals surface area (Å²) in [6, 6.07) is 0. The van der Waals surface area contributed by atoms with Crippen molar-refractivity contribution in [2.75, 3.05) is 7.11 Å². The summed E-state index contributed by atoms with van der Waals surface area (Å²) in [4.78, 5) is 20.7. The lowest BCUT2D eigenvalue weighted by Gasteiger charge is -2.10. The van der Waals surface area contributed by atoms with Gasteiger partial charge in [-0.25, -0.2) is 0 Å². The number of hydrogen-bond acceptors (Lipinski definition) is 4. The van der Waals surface area contributed by atoms with Crippen molar-refractivity contribution in [1.82, 2.24) is 0 Å². The zero-order valence-corrected chi connectivity index (χ0v) is 10.8. The van der Waals surface area contributed by atoms with E-state index in [0.717, 1.165) is 0 Å². The molecule has 0 rings (SSSR count). The van der Waals surface area contributed by atoms with Crippen LogP contribution in [-0.2, 0) is 9.53 Å². The third kappa shape index (κ3) is 5.54. The first-order valence-electron chi connectivity index (χ1n) is 3.99. The van der Waals surface area contributed by atoms with Crippen LogP contribution in [0.25, 0.3) is 0 Å². The number of alkyl halides is 2. The molecule has 0 N–H and O–H groups in total. The van der Waals surface area contributed by atoms with E-state index in [4.69, 9.17) is 0 Å². The maximum Gasteiger partial charge on any atom is 0.326 e. The molecule has 7 heteroatoms. The SMILES string of the molecule is COC(=O)CCCCC(Br)(Br)[N+](=O)[O-]. The first-order valence-corrected chi connectivity index (χ1v) is 5.58. The van der Waals surface area contributed by atoms with Crippen molar-refractivity contribution in [3.8, 4) is 0 Å². The fraction of sp³-hybridized carbons (Fsp3) is 0.857. The highest BCUT2D eigenvalue weighted by Crippen LogP contribution is 2.32. The maximum atomic E-state index is 10.7. The summed E-state index contributed by atoms with van der Waals surface area (Å²) in [7, 11) is 1.32. The highest BCUT2D eigenvalue weighted by Gasteiger charge is 2.35. The normalized spacial score (nSPS) is 11.1. The number of ether oxygens (including phenoxy) is 1. The molecule has 0 bridgehead atoms. The van der Waals surface area contributed by atoms with Crippen LogP contribution in [-0.4, -0.2) is 21.4 Å². The smallest absolute Gasteiger partial charge is 0.326 e. The number of carbonyl (C=O) groups is 1. The summed E-state index contributed by atoms with van der Waals surface area (Å²) in [6.07, 6.45) is 1.77. The Morgan fingerprint density at radius 3 is 2.50 bits per heavy atom. The third-order valence-corrected chi connectivity index (χ3v) is 2.98. The Morgan fingerprint density at radius 1 is 1.50 bits per heavy atom. The number of methoxy groups -OCH3 is 1. The van der Waals surface area contributed by atoms with E-state index in [0.29, 0.717) is 25.7 Å². The first kappa shape index (κ1) is 13.8. The van der Waals surface area contributed by atoms with Gasteiger partial charge in [0.05, 0.1) is 7.11 Å². The average molecular weight is 333 g/mol. The molecule has 0 saturated heterocycles. The van der Waals surface area contributed by atoms with Crippen molar-refractivity contribution in [3.63, 3.8) is 0 Å². The van der Waals surface area contributed by atoms with Crippen LogP contribution in [0, 0.1) is 10.1 Å². The van der Waals surface area contributed by atoms with Gasteiger partial charge < -0.3 is 4.74 Å². The number of hydrogen-bond donors (Lipinski definition) is 0. The zero-order valence-electron chi connectivity index (χ0n) is 7.66. The van der Waals surface area contributed by atoms with Crippen molar-refractivity contribution in [2.24, 2.45) is 0 Å². The molecule has 0 aromatic rings. The van der Waals surface area contributed by atoms with Gasteiger partial charge in [0.1, 0.15) is 0 Å². The molecule has 0 aliphatic heterocycles. The molecular weight excluding hydrogens is 322 g/mol. The lowest BCUT2D eigenvalue weighted by molar-refractivity contribution is -0.505. The van der Waals surface area contributed by atoms with E-state index >= 15 is 0 Å². The molecule has 14 heavy (non-hydrogen) atoms. The van der Waals surface area contributed by atoms with Gasteiger partial charge in [0.25, 0.3) is 0 Å². The molecule has 0 atom stereocenters. The fourth-order valence-corrected chi connectivity index (χ4v) is 1.36. The Balaban J connectivity index is 3.64. The second kappa shape index (κ2) is 6.34. The highest BCUT2D eigenvalue weighted by atomic mass is 79.9. The van der Waals surface area contributed by atoms with E-state index in [-0.39, 0.29) is 5.97 Å². The highest BCUT2D eigenvalue weighted by molar-refractivity contribution is 9.25. The number of unbranched alkanes of at least 4 members (excludes halogenated alkanes) is 1. The van der Waals surface area contributed by atoms with E-state index in [1.807, 2.05) is 0 Å². The van der Waals surface area contributed by atoms with Gasteiger partial charge in [-0.2, -0.15) is 0 Å². The minimum absolute atomic E-state index is 0.291. The van der Waals surface area contributed by atoms with Crippen molar-refractivity contribution >= 4 is 37.8 Å². The van der Waals surface area contributed by atoms with Crippen molar-refractivity contribution in [3.05, 3.63) is 10.1 Å². The van der Waals surface area contributed by atoms with Crippen LogP contribution in [0.4, 0.5) is 0 Å². The van der Waals surface area contributed by atoms with Gasteiger partial charge in [0.2, 0.25) is 0 Å². The summed E-state index contributed by atoms with van der Waals surface area (Å²) >= 11 is 5.86. The average Bonchev–Trinajstić information content (AvgIpc) is 2.11. The number of rotatable bonds is 6. The molecule has 0 radical (unpaired) electrons. The van der Waals surface area contributed by atoms with Crippen LogP contribution in [0.5, 0.6) is 0 Å². The molecule has 0 aliphatic rings. The Labute approximate surface area is 98.6 Å². The van der Waals surface area contributed by atoms with Crippen LogP contribution < -0.4 is 0 Å². The van der Waals surface area contributed by atoms with E-state index in [2.05, 4.69) is 36.6 Å². The molecule has 0 saturated carbocycles. The predicted octanol–water partition coefficient (Wildman–Crippen LogP) is 2.44. The van der Waals surface area contributed by atoms with Crippen LogP contribution in [0.2, 0.25) is 0 Å². The molecule has 0 fully saturated rings. The van der Waals surface area contributed by atoms with Crippen LogP contribution in [0.3, 0.4) is 0 Å². The Hall–Kier alpha value is -0.170. The minimum Gasteiger partial charge on any atom is -0.469 e. The lowest BCUT2D eigenvalue weighted by Crippen LogP contribution is -2.23. The van der Waals surface area contributed by atoms with E-state index < -0.39 is 8.28 Å². The van der Waals surface area contributed by atoms with Crippen molar-refractivity contribution < 1.29 is 14.5 Å². The predicted molar refractivity (Wildman–Crippen MR) is 58.1 cm³/mol. The number of nitrogens with zero attached hydrogens (tertiary/aromatic N) is 1. The summed E-state index contributed by atoms with van der Waals surface area (Å²) in [5, 5.41) is 10.4. The topological polar surface area (TPSA) is 69.4 Å². The molecule has 5 nitrogen and oxygen atoms in total. The van der Waals surface area contributed by atoms with Crippen LogP contribution in [0.1, 0.15) is 25.7 Å². The Kier molecular flexibility index (Phi) is 6.26. The lowest BCUT2D eigenvalue weighted by atomic mass is 10.2. The second-order valence-corrected chi connectivity index (χ2v) is 6.39. The number of nitro groups is 1. The molecule has 0 aromatic heterocycles. The van der Waals surface area contributed by atoms with Gasteiger partial charge >= 0.3 is 9.33 Å². The molecule has 0 amide bonds. The molecule has 0 heterocycles. The Morgan fingerprint density at radius 2 is 2.07 bits per heavy atom. The van der Waals surface area contributed by atoms with E-state index in [9.17, 15) is 14.9 Å². The van der Waals surface area contributed by atoms with Crippen molar-refractivity contribution in [2.45, 2.75) is 29.0 Å². The third-order valence-electron chi connectivity index (χ3n) is 1.60. The second-order valence-electron chi connectivity index (χ2n) is 2.71. The van der Waals surface area contributed by atoms with Crippen LogP contribution >= 0.6 is 31.9 Å². The van der Waals surface area contributed by atoms with Gasteiger partial charge in [0.15, 0.2) is 0 Å². The number of esters is 1. The van der Waals surface area contributed by atoms with E-state index in [1.54, 1.807) is 0 Å². The van der Waals surface area contributed by atoms with Crippen molar-refractivity contribution in [1.29, 1.82) is 0 Å². The molecule has 82 valence electrons. The minimum atomic E-state index is -1.27. The van der Waals surface area contributed by atoms with Gasteiger partial charge in [0, 0.05) is 49.6 Å². The van der Waals surface area contributed by atoms with E-state index in [1.165, 1.54) is 7.11 Å². The summed E-state index contributed by atoms with van der Waals surface area (Å²) in [6.45, 7) is 0. The number of carbonyl (C=O) groups excluding carboxylic acids is 1. The molecular formula is C7H11Br2NO4. The molecule has 0 aliphatic carbocycles. The van der Waals surface area contributed by atoms with Gasteiger partial charge in [-0.15, -0.1) is 0 Å². The molecule has 0 spiro atoms. The summed E-state index contributed by atoms with van der Waals surface area (Å²) in [5.74, 6) is -0.291. The standard InChI is InChI=1S/C7H11Br2NO4/c1-14-6(11)4-2-3-5-7(8,9)10(12)13/h2-5H2,1H3. The van der Waals surface area contributed by atoms with Gasteiger partial charge in [-0.05, 0) is 12.8 Å². The first-order chi connectivity index (χ1) is 6.40. The molecule has 0 aromatic carbocycles. The summed E-state index contributed by atoms with van der Waals surface area (Å²) in [5.41, 5.74) is 0. The quantitative estimate of drug-likeness (QED) is 0.187. The largest absolute Gasteiger partial charge is 0.469 e.